The number of hydrogen-bond donors (Lipinski definition) is 1. The van der Waals surface area contributed by atoms with Gasteiger partial charge in [0.25, 0.3) is 0 Å². The summed E-state index contributed by atoms with van der Waals surface area (Å²) in [6.07, 6.45) is 0.985. The van der Waals surface area contributed by atoms with Crippen molar-refractivity contribution in [1.29, 1.82) is 0 Å². The Bertz CT molecular complexity index is 511. The van der Waals surface area contributed by atoms with Crippen molar-refractivity contribution in [2.45, 2.75) is 13.0 Å². The number of rotatable bonds is 3. The molecule has 2 aromatic rings. The molecule has 0 amide bonds. The SMILES string of the molecule is COc1cccc(C(O)c2cc(C)ccn2)c1. The first-order valence-corrected chi connectivity index (χ1v) is 5.45. The number of benzene rings is 1. The van der Waals surface area contributed by atoms with E-state index in [1.807, 2.05) is 43.3 Å². The minimum Gasteiger partial charge on any atom is -0.497 e. The van der Waals surface area contributed by atoms with Crippen LogP contribution < -0.4 is 4.74 Å². The van der Waals surface area contributed by atoms with E-state index in [2.05, 4.69) is 4.98 Å². The van der Waals surface area contributed by atoms with Gasteiger partial charge in [0.2, 0.25) is 0 Å². The molecule has 1 aromatic heterocycles. The van der Waals surface area contributed by atoms with Crippen LogP contribution in [0.1, 0.15) is 22.9 Å². The zero-order valence-electron chi connectivity index (χ0n) is 9.92. The van der Waals surface area contributed by atoms with Crippen LogP contribution >= 0.6 is 0 Å². The average molecular weight is 229 g/mol. The maximum atomic E-state index is 10.2. The summed E-state index contributed by atoms with van der Waals surface area (Å²) in [5.41, 5.74) is 2.51. The van der Waals surface area contributed by atoms with Crippen molar-refractivity contribution in [3.63, 3.8) is 0 Å². The van der Waals surface area contributed by atoms with Gasteiger partial charge in [-0.05, 0) is 42.3 Å². The summed E-state index contributed by atoms with van der Waals surface area (Å²) in [5.74, 6) is 0.731. The Balaban J connectivity index is 2.33. The highest BCUT2D eigenvalue weighted by atomic mass is 16.5. The number of nitrogens with zero attached hydrogens (tertiary/aromatic N) is 1. The van der Waals surface area contributed by atoms with Crippen molar-refractivity contribution < 1.29 is 9.84 Å². The van der Waals surface area contributed by atoms with E-state index >= 15 is 0 Å². The minimum absolute atomic E-state index is 0.651. The van der Waals surface area contributed by atoms with Crippen molar-refractivity contribution in [1.82, 2.24) is 4.98 Å². The average Bonchev–Trinajstić information content (AvgIpc) is 2.38. The highest BCUT2D eigenvalue weighted by Crippen LogP contribution is 2.23. The molecular weight excluding hydrogens is 214 g/mol. The van der Waals surface area contributed by atoms with E-state index < -0.39 is 6.10 Å². The first-order valence-electron chi connectivity index (χ1n) is 5.45. The van der Waals surface area contributed by atoms with Gasteiger partial charge >= 0.3 is 0 Å². The molecule has 0 fully saturated rings. The molecule has 0 saturated heterocycles. The lowest BCUT2D eigenvalue weighted by Gasteiger charge is -2.12. The second-order valence-corrected chi connectivity index (χ2v) is 3.94. The summed E-state index contributed by atoms with van der Waals surface area (Å²) in [6, 6.07) is 11.2. The van der Waals surface area contributed by atoms with Crippen LogP contribution in [0.2, 0.25) is 0 Å². The molecule has 1 unspecified atom stereocenters. The van der Waals surface area contributed by atoms with Crippen molar-refractivity contribution in [3.8, 4) is 5.75 Å². The van der Waals surface area contributed by atoms with Crippen LogP contribution in [0.5, 0.6) is 5.75 Å². The van der Waals surface area contributed by atoms with E-state index in [0.717, 1.165) is 16.9 Å². The minimum atomic E-state index is -0.718. The van der Waals surface area contributed by atoms with Crippen LogP contribution in [0.15, 0.2) is 42.6 Å². The number of aliphatic hydroxyl groups excluding tert-OH is 1. The molecule has 1 aromatic carbocycles. The van der Waals surface area contributed by atoms with Gasteiger partial charge in [-0.25, -0.2) is 0 Å². The summed E-state index contributed by atoms with van der Waals surface area (Å²) < 4.78 is 5.13. The predicted molar refractivity (Wildman–Crippen MR) is 66.0 cm³/mol. The van der Waals surface area contributed by atoms with Crippen molar-refractivity contribution in [3.05, 3.63) is 59.4 Å². The molecule has 3 nitrogen and oxygen atoms in total. The zero-order chi connectivity index (χ0) is 12.3. The third-order valence-corrected chi connectivity index (χ3v) is 2.63. The highest BCUT2D eigenvalue weighted by Gasteiger charge is 2.12. The number of pyridine rings is 1. The first-order chi connectivity index (χ1) is 8.20. The number of aryl methyl sites for hydroxylation is 1. The maximum absolute atomic E-state index is 10.2. The number of hydrogen-bond acceptors (Lipinski definition) is 3. The third-order valence-electron chi connectivity index (χ3n) is 2.63. The standard InChI is InChI=1S/C14H15NO2/c1-10-6-7-15-13(8-10)14(16)11-4-3-5-12(9-11)17-2/h3-9,14,16H,1-2H3. The second-order valence-electron chi connectivity index (χ2n) is 3.94. The Morgan fingerprint density at radius 3 is 2.76 bits per heavy atom. The van der Waals surface area contributed by atoms with Gasteiger partial charge < -0.3 is 9.84 Å². The van der Waals surface area contributed by atoms with E-state index in [1.165, 1.54) is 0 Å². The fraction of sp³-hybridized carbons (Fsp3) is 0.214. The summed E-state index contributed by atoms with van der Waals surface area (Å²) in [6.45, 7) is 1.98. The summed E-state index contributed by atoms with van der Waals surface area (Å²) in [5, 5.41) is 10.2. The van der Waals surface area contributed by atoms with Gasteiger partial charge in [0.1, 0.15) is 11.9 Å². The number of aromatic nitrogens is 1. The molecule has 1 heterocycles. The summed E-state index contributed by atoms with van der Waals surface area (Å²) >= 11 is 0. The molecule has 0 aliphatic heterocycles. The molecule has 2 rings (SSSR count). The van der Waals surface area contributed by atoms with Crippen LogP contribution in [-0.2, 0) is 0 Å². The fourth-order valence-electron chi connectivity index (χ4n) is 1.69. The molecule has 3 heteroatoms. The quantitative estimate of drug-likeness (QED) is 0.879. The molecule has 0 radical (unpaired) electrons. The van der Waals surface area contributed by atoms with Crippen LogP contribution in [0.4, 0.5) is 0 Å². The topological polar surface area (TPSA) is 42.4 Å². The molecule has 0 aliphatic rings. The van der Waals surface area contributed by atoms with Gasteiger partial charge in [-0.2, -0.15) is 0 Å². The molecule has 0 aliphatic carbocycles. The molecule has 0 saturated carbocycles. The maximum Gasteiger partial charge on any atom is 0.121 e. The molecule has 0 bridgehead atoms. The Morgan fingerprint density at radius 1 is 1.24 bits per heavy atom. The van der Waals surface area contributed by atoms with E-state index in [9.17, 15) is 5.11 Å². The van der Waals surface area contributed by atoms with Crippen molar-refractivity contribution in [2.75, 3.05) is 7.11 Å². The molecule has 1 N–H and O–H groups in total. The van der Waals surface area contributed by atoms with Crippen LogP contribution in [-0.4, -0.2) is 17.2 Å². The van der Waals surface area contributed by atoms with Crippen molar-refractivity contribution >= 4 is 0 Å². The third kappa shape index (κ3) is 2.63. The molecule has 17 heavy (non-hydrogen) atoms. The zero-order valence-corrected chi connectivity index (χ0v) is 9.92. The van der Waals surface area contributed by atoms with E-state index in [-0.39, 0.29) is 0 Å². The number of ether oxygens (including phenoxy) is 1. The highest BCUT2D eigenvalue weighted by molar-refractivity contribution is 5.33. The molecule has 1 atom stereocenters. The normalized spacial score (nSPS) is 12.2. The molecule has 88 valence electrons. The van der Waals surface area contributed by atoms with E-state index in [1.54, 1.807) is 13.3 Å². The lowest BCUT2D eigenvalue weighted by atomic mass is 10.0. The monoisotopic (exact) mass is 229 g/mol. The Labute approximate surface area is 101 Å². The smallest absolute Gasteiger partial charge is 0.121 e. The van der Waals surface area contributed by atoms with Gasteiger partial charge in [-0.15, -0.1) is 0 Å². The molecular formula is C14H15NO2. The fourth-order valence-corrected chi connectivity index (χ4v) is 1.69. The number of aliphatic hydroxyl groups is 1. The predicted octanol–water partition coefficient (Wildman–Crippen LogP) is 2.48. The van der Waals surface area contributed by atoms with E-state index in [4.69, 9.17) is 4.74 Å². The van der Waals surface area contributed by atoms with Crippen molar-refractivity contribution in [2.24, 2.45) is 0 Å². The van der Waals surface area contributed by atoms with Crippen LogP contribution in [0.3, 0.4) is 0 Å². The van der Waals surface area contributed by atoms with Gasteiger partial charge in [-0.3, -0.25) is 4.98 Å². The second kappa shape index (κ2) is 4.97. The van der Waals surface area contributed by atoms with E-state index in [0.29, 0.717) is 5.69 Å². The lowest BCUT2D eigenvalue weighted by Crippen LogP contribution is -2.02. The Hall–Kier alpha value is -1.87. The summed E-state index contributed by atoms with van der Waals surface area (Å²) in [7, 11) is 1.61. The van der Waals surface area contributed by atoms with Gasteiger partial charge in [0, 0.05) is 6.20 Å². The van der Waals surface area contributed by atoms with Gasteiger partial charge in [0.05, 0.1) is 12.8 Å². The van der Waals surface area contributed by atoms with Gasteiger partial charge in [-0.1, -0.05) is 12.1 Å². The Kier molecular flexibility index (Phi) is 3.40. The van der Waals surface area contributed by atoms with Crippen LogP contribution in [0, 0.1) is 6.92 Å². The molecule has 0 spiro atoms. The Morgan fingerprint density at radius 2 is 2.06 bits per heavy atom. The largest absolute Gasteiger partial charge is 0.497 e. The lowest BCUT2D eigenvalue weighted by molar-refractivity contribution is 0.214. The number of methoxy groups -OCH3 is 1. The first kappa shape index (κ1) is 11.6. The summed E-state index contributed by atoms with van der Waals surface area (Å²) in [4.78, 5) is 4.18. The van der Waals surface area contributed by atoms with Gasteiger partial charge in [0.15, 0.2) is 0 Å². The van der Waals surface area contributed by atoms with Crippen LogP contribution in [0.25, 0.3) is 0 Å².